The van der Waals surface area contributed by atoms with Gasteiger partial charge in [0.15, 0.2) is 0 Å². The van der Waals surface area contributed by atoms with Gasteiger partial charge in [-0.25, -0.2) is 0 Å². The zero-order valence-electron chi connectivity index (χ0n) is 19.8. The summed E-state index contributed by atoms with van der Waals surface area (Å²) in [6.07, 6.45) is 24.3. The summed E-state index contributed by atoms with van der Waals surface area (Å²) in [7, 11) is 0. The minimum Gasteiger partial charge on any atom is -0.410 e. The highest BCUT2D eigenvalue weighted by Crippen LogP contribution is 2.44. The van der Waals surface area contributed by atoms with Crippen LogP contribution in [-0.2, 0) is 4.74 Å². The van der Waals surface area contributed by atoms with Crippen LogP contribution in [0.4, 0.5) is 9.59 Å². The summed E-state index contributed by atoms with van der Waals surface area (Å²) < 4.78 is 5.91. The Morgan fingerprint density at radius 2 is 0.645 bits per heavy atom. The van der Waals surface area contributed by atoms with E-state index >= 15 is 0 Å². The van der Waals surface area contributed by atoms with Crippen molar-refractivity contribution in [2.45, 2.75) is 152 Å². The van der Waals surface area contributed by atoms with Gasteiger partial charge in [-0.1, -0.05) is 152 Å². The Labute approximate surface area is 191 Å². The van der Waals surface area contributed by atoms with Gasteiger partial charge in [0.05, 0.1) is 0 Å². The molecule has 0 unspecified atom stereocenters. The number of carbonyl (C=O) groups is 2. The van der Waals surface area contributed by atoms with Gasteiger partial charge in [-0.15, -0.1) is 0 Å². The standard InChI is InChI=1S/C26H44B2O3/c29-25(27(21-13-5-1-6-14-21)22-15-7-2-8-16-22)31-26(30)28(23-17-9-3-10-18-23)24-19-11-4-12-20-24/h21-24H,1-20H2. The fourth-order valence-corrected chi connectivity index (χ4v) is 7.75. The maximum atomic E-state index is 13.6. The van der Waals surface area contributed by atoms with E-state index in [4.69, 9.17) is 4.74 Å². The first-order valence-corrected chi connectivity index (χ1v) is 14.0. The third-order valence-corrected chi connectivity index (χ3v) is 9.38. The molecule has 4 rings (SSSR count). The first-order valence-electron chi connectivity index (χ1n) is 14.0. The van der Waals surface area contributed by atoms with E-state index in [-0.39, 0.29) is 25.2 Å². The highest BCUT2D eigenvalue weighted by Gasteiger charge is 2.46. The van der Waals surface area contributed by atoms with Gasteiger partial charge >= 0.3 is 0 Å². The number of rotatable bonds is 6. The number of carbonyl (C=O) groups excluding carboxylic acids is 2. The molecule has 0 atom stereocenters. The van der Waals surface area contributed by atoms with Crippen LogP contribution in [0, 0.1) is 0 Å². The van der Waals surface area contributed by atoms with E-state index in [1.807, 2.05) is 0 Å². The van der Waals surface area contributed by atoms with Crippen molar-refractivity contribution >= 4 is 25.2 Å². The van der Waals surface area contributed by atoms with Crippen LogP contribution in [0.25, 0.3) is 0 Å². The molecule has 5 heteroatoms. The lowest BCUT2D eigenvalue weighted by atomic mass is 9.29. The van der Waals surface area contributed by atoms with Gasteiger partial charge in [-0.3, -0.25) is 9.59 Å². The van der Waals surface area contributed by atoms with E-state index in [1.165, 1.54) is 77.0 Å². The van der Waals surface area contributed by atoms with E-state index in [1.54, 1.807) is 0 Å². The van der Waals surface area contributed by atoms with E-state index < -0.39 is 0 Å². The first-order chi connectivity index (χ1) is 15.2. The lowest BCUT2D eigenvalue weighted by Crippen LogP contribution is -2.44. The Balaban J connectivity index is 1.47. The molecular weight excluding hydrogens is 382 g/mol. The van der Waals surface area contributed by atoms with Gasteiger partial charge in [-0.2, -0.15) is 0 Å². The van der Waals surface area contributed by atoms with E-state index in [0.29, 0.717) is 23.3 Å². The summed E-state index contributed by atoms with van der Waals surface area (Å²) in [6, 6.07) is 0. The molecule has 172 valence electrons. The van der Waals surface area contributed by atoms with Crippen molar-refractivity contribution in [2.75, 3.05) is 0 Å². The van der Waals surface area contributed by atoms with Crippen LogP contribution in [0.1, 0.15) is 128 Å². The van der Waals surface area contributed by atoms with Gasteiger partial charge < -0.3 is 4.74 Å². The second kappa shape index (κ2) is 11.9. The minimum absolute atomic E-state index is 0.0251. The normalized spacial score (nSPS) is 25.2. The van der Waals surface area contributed by atoms with Crippen LogP contribution < -0.4 is 0 Å². The molecule has 4 aliphatic rings. The van der Waals surface area contributed by atoms with Crippen LogP contribution in [-0.4, -0.2) is 25.2 Å². The molecule has 4 aliphatic carbocycles. The van der Waals surface area contributed by atoms with E-state index in [9.17, 15) is 9.59 Å². The summed E-state index contributed by atoms with van der Waals surface area (Å²) in [5.74, 6) is 1.50. The van der Waals surface area contributed by atoms with Crippen LogP contribution in [0.3, 0.4) is 0 Å². The molecule has 0 amide bonds. The monoisotopic (exact) mass is 426 g/mol. The summed E-state index contributed by atoms with van der Waals surface area (Å²) in [5.41, 5.74) is 0. The van der Waals surface area contributed by atoms with Crippen molar-refractivity contribution < 1.29 is 14.3 Å². The topological polar surface area (TPSA) is 43.4 Å². The quantitative estimate of drug-likeness (QED) is 0.315. The molecule has 0 aliphatic heterocycles. The van der Waals surface area contributed by atoms with Gasteiger partial charge in [-0.05, 0) is 0 Å². The van der Waals surface area contributed by atoms with Crippen molar-refractivity contribution in [1.82, 2.24) is 0 Å². The number of ether oxygens (including phenoxy) is 1. The molecule has 0 bridgehead atoms. The maximum absolute atomic E-state index is 13.6. The average Bonchev–Trinajstić information content (AvgIpc) is 2.82. The molecule has 4 saturated carbocycles. The Morgan fingerprint density at radius 3 is 0.871 bits per heavy atom. The zero-order valence-corrected chi connectivity index (χ0v) is 19.8. The van der Waals surface area contributed by atoms with E-state index in [2.05, 4.69) is 0 Å². The van der Waals surface area contributed by atoms with Gasteiger partial charge in [0, 0.05) is 0 Å². The van der Waals surface area contributed by atoms with Crippen molar-refractivity contribution in [3.05, 3.63) is 0 Å². The SMILES string of the molecule is O=C(OC(=O)B(C1CCCCC1)C1CCCCC1)B(C1CCCCC1)C1CCCCC1. The van der Waals surface area contributed by atoms with Gasteiger partial charge in [0.25, 0.3) is 25.2 Å². The molecule has 0 saturated heterocycles. The van der Waals surface area contributed by atoms with Crippen LogP contribution in [0.2, 0.25) is 23.3 Å². The average molecular weight is 426 g/mol. The smallest absolute Gasteiger partial charge is 0.285 e. The van der Waals surface area contributed by atoms with Crippen molar-refractivity contribution in [3.63, 3.8) is 0 Å². The molecule has 0 spiro atoms. The molecular formula is C26H44B2O3. The summed E-state index contributed by atoms with van der Waals surface area (Å²) in [4.78, 5) is 27.2. The summed E-state index contributed by atoms with van der Waals surface area (Å²) in [5, 5.41) is 0. The second-order valence-electron chi connectivity index (χ2n) is 11.4. The van der Waals surface area contributed by atoms with Crippen molar-refractivity contribution in [1.29, 1.82) is 0 Å². The molecule has 0 N–H and O–H groups in total. The molecule has 0 aromatic carbocycles. The summed E-state index contributed by atoms with van der Waals surface area (Å²) in [6.45, 7) is -0.0502. The van der Waals surface area contributed by atoms with Crippen LogP contribution in [0.15, 0.2) is 0 Å². The fraction of sp³-hybridized carbons (Fsp3) is 0.923. The lowest BCUT2D eigenvalue weighted by molar-refractivity contribution is 0.180. The van der Waals surface area contributed by atoms with Gasteiger partial charge in [0.1, 0.15) is 0 Å². The van der Waals surface area contributed by atoms with Crippen LogP contribution in [0.5, 0.6) is 0 Å². The minimum atomic E-state index is -0.139. The molecule has 31 heavy (non-hydrogen) atoms. The number of hydrogen-bond acceptors (Lipinski definition) is 3. The molecule has 0 aromatic heterocycles. The third kappa shape index (κ3) is 6.20. The molecule has 0 aromatic rings. The second-order valence-corrected chi connectivity index (χ2v) is 11.4. The molecule has 0 radical (unpaired) electrons. The Bertz CT molecular complexity index is 485. The predicted molar refractivity (Wildman–Crippen MR) is 131 cm³/mol. The maximum Gasteiger partial charge on any atom is 0.285 e. The van der Waals surface area contributed by atoms with Crippen molar-refractivity contribution in [2.24, 2.45) is 0 Å². The summed E-state index contributed by atoms with van der Waals surface area (Å²) >= 11 is 0. The molecule has 0 heterocycles. The largest absolute Gasteiger partial charge is 0.410 e. The van der Waals surface area contributed by atoms with Gasteiger partial charge in [0.2, 0.25) is 0 Å². The highest BCUT2D eigenvalue weighted by molar-refractivity contribution is 6.95. The predicted octanol–water partition coefficient (Wildman–Crippen LogP) is 8.73. The molecule has 4 fully saturated rings. The molecule has 3 nitrogen and oxygen atoms in total. The van der Waals surface area contributed by atoms with Crippen LogP contribution >= 0.6 is 0 Å². The fourth-order valence-electron chi connectivity index (χ4n) is 7.75. The lowest BCUT2D eigenvalue weighted by Gasteiger charge is -2.35. The zero-order chi connectivity index (χ0) is 21.5. The Kier molecular flexibility index (Phi) is 9.02. The number of hydrogen-bond donors (Lipinski definition) is 0. The Hall–Kier alpha value is -0.730. The third-order valence-electron chi connectivity index (χ3n) is 9.38. The Morgan fingerprint density at radius 1 is 0.419 bits per heavy atom. The highest BCUT2D eigenvalue weighted by atomic mass is 16.6. The first kappa shape index (κ1) is 23.4. The van der Waals surface area contributed by atoms with E-state index in [0.717, 1.165) is 51.4 Å². The van der Waals surface area contributed by atoms with Crippen molar-refractivity contribution in [3.8, 4) is 0 Å².